The fourth-order valence-corrected chi connectivity index (χ4v) is 1.74. The van der Waals surface area contributed by atoms with Gasteiger partial charge in [-0.05, 0) is 0 Å². The van der Waals surface area contributed by atoms with Crippen LogP contribution in [0.5, 0.6) is 0 Å². The number of aromatic nitrogens is 2. The third kappa shape index (κ3) is 2.57. The predicted molar refractivity (Wildman–Crippen MR) is 67.7 cm³/mol. The van der Waals surface area contributed by atoms with Gasteiger partial charge in [0.15, 0.2) is 0 Å². The summed E-state index contributed by atoms with van der Waals surface area (Å²) in [7, 11) is 1.33. The van der Waals surface area contributed by atoms with E-state index in [1.165, 1.54) is 7.11 Å². The normalized spacial score (nSPS) is 12.1. The van der Waals surface area contributed by atoms with Crippen molar-refractivity contribution >= 4 is 5.97 Å². The molecule has 1 unspecified atom stereocenters. The molecule has 1 atom stereocenters. The molecule has 1 aromatic carbocycles. The molecule has 5 nitrogen and oxygen atoms in total. The molecule has 0 aliphatic heterocycles. The number of rotatable bonds is 4. The van der Waals surface area contributed by atoms with Crippen LogP contribution in [0.3, 0.4) is 0 Å². The first-order valence-corrected chi connectivity index (χ1v) is 5.62. The van der Waals surface area contributed by atoms with Gasteiger partial charge in [0.2, 0.25) is 0 Å². The number of methoxy groups -OCH3 is 1. The van der Waals surface area contributed by atoms with E-state index in [1.54, 1.807) is 12.4 Å². The van der Waals surface area contributed by atoms with Gasteiger partial charge in [0.05, 0.1) is 13.7 Å². The average Bonchev–Trinajstić information content (AvgIpc) is 2.86. The van der Waals surface area contributed by atoms with Crippen LogP contribution in [0.1, 0.15) is 0 Å². The highest BCUT2D eigenvalue weighted by molar-refractivity contribution is 5.75. The minimum absolute atomic E-state index is 0.344. The molecular formula is C13H15N3O2. The maximum atomic E-state index is 11.3. The van der Waals surface area contributed by atoms with Crippen molar-refractivity contribution in [2.75, 3.05) is 7.11 Å². The first-order chi connectivity index (χ1) is 8.72. The van der Waals surface area contributed by atoms with Crippen molar-refractivity contribution in [3.8, 4) is 11.4 Å². The minimum atomic E-state index is -0.688. The van der Waals surface area contributed by atoms with Gasteiger partial charge in [-0.1, -0.05) is 30.3 Å². The van der Waals surface area contributed by atoms with Crippen LogP contribution in [0.15, 0.2) is 42.7 Å². The molecule has 94 valence electrons. The molecule has 1 heterocycles. The van der Waals surface area contributed by atoms with Gasteiger partial charge in [-0.25, -0.2) is 4.98 Å². The number of carbonyl (C=O) groups excluding carboxylic acids is 1. The Balaban J connectivity index is 2.21. The van der Waals surface area contributed by atoms with E-state index >= 15 is 0 Å². The van der Waals surface area contributed by atoms with Crippen LogP contribution in [0.4, 0.5) is 0 Å². The van der Waals surface area contributed by atoms with Gasteiger partial charge in [0.1, 0.15) is 11.9 Å². The molecule has 0 aliphatic carbocycles. The Kier molecular flexibility index (Phi) is 3.74. The van der Waals surface area contributed by atoms with Gasteiger partial charge in [0, 0.05) is 18.0 Å². The van der Waals surface area contributed by atoms with Gasteiger partial charge >= 0.3 is 5.97 Å². The lowest BCUT2D eigenvalue weighted by Gasteiger charge is -2.12. The highest BCUT2D eigenvalue weighted by Gasteiger charge is 2.16. The van der Waals surface area contributed by atoms with E-state index < -0.39 is 12.0 Å². The summed E-state index contributed by atoms with van der Waals surface area (Å²) in [4.78, 5) is 15.6. The van der Waals surface area contributed by atoms with E-state index in [0.717, 1.165) is 11.4 Å². The molecule has 0 amide bonds. The monoisotopic (exact) mass is 245 g/mol. The van der Waals surface area contributed by atoms with Crippen LogP contribution < -0.4 is 5.73 Å². The van der Waals surface area contributed by atoms with Crippen LogP contribution in [-0.4, -0.2) is 28.7 Å². The molecular weight excluding hydrogens is 230 g/mol. The number of benzene rings is 1. The van der Waals surface area contributed by atoms with Crippen LogP contribution in [0.2, 0.25) is 0 Å². The number of hydrogen-bond donors (Lipinski definition) is 1. The zero-order valence-electron chi connectivity index (χ0n) is 10.1. The van der Waals surface area contributed by atoms with Crippen molar-refractivity contribution in [1.29, 1.82) is 0 Å². The fraction of sp³-hybridized carbons (Fsp3) is 0.231. The summed E-state index contributed by atoms with van der Waals surface area (Å²) >= 11 is 0. The lowest BCUT2D eigenvalue weighted by atomic mass is 10.2. The molecule has 1 aromatic heterocycles. The maximum Gasteiger partial charge on any atom is 0.324 e. The number of carbonyl (C=O) groups is 1. The highest BCUT2D eigenvalue weighted by atomic mass is 16.5. The molecule has 0 aliphatic rings. The van der Waals surface area contributed by atoms with Crippen LogP contribution in [0, 0.1) is 0 Å². The van der Waals surface area contributed by atoms with E-state index in [0.29, 0.717) is 6.54 Å². The molecule has 0 spiro atoms. The van der Waals surface area contributed by atoms with Gasteiger partial charge < -0.3 is 15.0 Å². The maximum absolute atomic E-state index is 11.3. The summed E-state index contributed by atoms with van der Waals surface area (Å²) in [5, 5.41) is 0. The predicted octanol–water partition coefficient (Wildman–Crippen LogP) is 1.05. The van der Waals surface area contributed by atoms with Crippen LogP contribution in [-0.2, 0) is 16.1 Å². The third-order valence-corrected chi connectivity index (χ3v) is 2.64. The molecule has 2 aromatic rings. The molecule has 0 fully saturated rings. The smallest absolute Gasteiger partial charge is 0.324 e. The number of imidazole rings is 1. The van der Waals surface area contributed by atoms with Crippen molar-refractivity contribution in [2.45, 2.75) is 12.6 Å². The highest BCUT2D eigenvalue weighted by Crippen LogP contribution is 2.16. The van der Waals surface area contributed by atoms with E-state index in [-0.39, 0.29) is 0 Å². The number of hydrogen-bond acceptors (Lipinski definition) is 4. The Bertz CT molecular complexity index is 522. The second-order valence-electron chi connectivity index (χ2n) is 3.90. The number of nitrogens with zero attached hydrogens (tertiary/aromatic N) is 2. The zero-order chi connectivity index (χ0) is 13.0. The number of esters is 1. The van der Waals surface area contributed by atoms with E-state index in [1.807, 2.05) is 34.9 Å². The largest absolute Gasteiger partial charge is 0.468 e. The third-order valence-electron chi connectivity index (χ3n) is 2.64. The molecule has 18 heavy (non-hydrogen) atoms. The summed E-state index contributed by atoms with van der Waals surface area (Å²) in [5.41, 5.74) is 6.73. The zero-order valence-corrected chi connectivity index (χ0v) is 10.1. The minimum Gasteiger partial charge on any atom is -0.468 e. The Labute approximate surface area is 105 Å². The van der Waals surface area contributed by atoms with Gasteiger partial charge in [-0.3, -0.25) is 4.79 Å². The summed E-state index contributed by atoms with van der Waals surface area (Å²) in [6.45, 7) is 0.344. The molecule has 5 heteroatoms. The molecule has 2 rings (SSSR count). The molecule has 2 N–H and O–H groups in total. The molecule has 0 saturated carbocycles. The van der Waals surface area contributed by atoms with Gasteiger partial charge in [-0.15, -0.1) is 0 Å². The van der Waals surface area contributed by atoms with Crippen molar-refractivity contribution in [2.24, 2.45) is 5.73 Å². The second kappa shape index (κ2) is 5.46. The SMILES string of the molecule is COC(=O)C(N)Cn1ccnc1-c1ccccc1. The Morgan fingerprint density at radius 1 is 1.44 bits per heavy atom. The van der Waals surface area contributed by atoms with E-state index in [4.69, 9.17) is 5.73 Å². The lowest BCUT2D eigenvalue weighted by molar-refractivity contribution is -0.142. The standard InChI is InChI=1S/C13H15N3O2/c1-18-13(17)11(14)9-16-8-7-15-12(16)10-5-3-2-4-6-10/h2-8,11H,9,14H2,1H3. The second-order valence-corrected chi connectivity index (χ2v) is 3.90. The number of nitrogens with two attached hydrogens (primary N) is 1. The summed E-state index contributed by atoms with van der Waals surface area (Å²) < 4.78 is 6.45. The van der Waals surface area contributed by atoms with E-state index in [9.17, 15) is 4.79 Å². The van der Waals surface area contributed by atoms with Crippen molar-refractivity contribution in [3.63, 3.8) is 0 Å². The Morgan fingerprint density at radius 2 is 2.17 bits per heavy atom. The summed E-state index contributed by atoms with van der Waals surface area (Å²) in [6, 6.07) is 9.05. The molecule has 0 bridgehead atoms. The fourth-order valence-electron chi connectivity index (χ4n) is 1.74. The van der Waals surface area contributed by atoms with Gasteiger partial charge in [0.25, 0.3) is 0 Å². The average molecular weight is 245 g/mol. The summed E-state index contributed by atoms with van der Waals surface area (Å²) in [5.74, 6) is 0.359. The van der Waals surface area contributed by atoms with Crippen molar-refractivity contribution in [3.05, 3.63) is 42.7 Å². The Morgan fingerprint density at radius 3 is 2.83 bits per heavy atom. The summed E-state index contributed by atoms with van der Waals surface area (Å²) in [6.07, 6.45) is 3.48. The van der Waals surface area contributed by atoms with Crippen LogP contribution in [0.25, 0.3) is 11.4 Å². The quantitative estimate of drug-likeness (QED) is 0.817. The number of ether oxygens (including phenoxy) is 1. The van der Waals surface area contributed by atoms with Gasteiger partial charge in [-0.2, -0.15) is 0 Å². The van der Waals surface area contributed by atoms with Crippen molar-refractivity contribution < 1.29 is 9.53 Å². The Hall–Kier alpha value is -2.14. The first kappa shape index (κ1) is 12.3. The van der Waals surface area contributed by atoms with Crippen molar-refractivity contribution in [1.82, 2.24) is 9.55 Å². The first-order valence-electron chi connectivity index (χ1n) is 5.62. The lowest BCUT2D eigenvalue weighted by Crippen LogP contribution is -2.35. The molecule has 0 saturated heterocycles. The van der Waals surface area contributed by atoms with Crippen LogP contribution >= 0.6 is 0 Å². The topological polar surface area (TPSA) is 70.1 Å². The molecule has 0 radical (unpaired) electrons. The van der Waals surface area contributed by atoms with E-state index in [2.05, 4.69) is 9.72 Å².